The van der Waals surface area contributed by atoms with Crippen molar-refractivity contribution >= 4 is 6.29 Å². The van der Waals surface area contributed by atoms with E-state index in [2.05, 4.69) is 11.8 Å². The van der Waals surface area contributed by atoms with Crippen LogP contribution < -0.4 is 0 Å². The van der Waals surface area contributed by atoms with Crippen LogP contribution in [0.25, 0.3) is 0 Å². The monoisotopic (exact) mass is 182 g/mol. The van der Waals surface area contributed by atoms with Gasteiger partial charge >= 0.3 is 0 Å². The van der Waals surface area contributed by atoms with Gasteiger partial charge in [0.25, 0.3) is 0 Å². The van der Waals surface area contributed by atoms with Gasteiger partial charge < -0.3 is 0 Å². The molecule has 0 N–H and O–H groups in total. The Bertz CT molecular complexity index is 388. The fourth-order valence-corrected chi connectivity index (χ4v) is 0.860. The van der Waals surface area contributed by atoms with E-state index in [9.17, 15) is 4.79 Å². The van der Waals surface area contributed by atoms with E-state index in [1.165, 1.54) is 6.08 Å². The Hall–Kier alpha value is -2.07. The van der Waals surface area contributed by atoms with Crippen molar-refractivity contribution in [2.45, 2.75) is 0 Å². The molecule has 1 rings (SSSR count). The van der Waals surface area contributed by atoms with E-state index < -0.39 is 0 Å². The normalized spacial score (nSPS) is 10.0. The molecular weight excluding hydrogens is 172 g/mol. The lowest BCUT2D eigenvalue weighted by molar-refractivity contribution is -0.104. The molecule has 0 heterocycles. The molecule has 0 atom stereocenters. The van der Waals surface area contributed by atoms with Crippen LogP contribution in [0.5, 0.6) is 0 Å². The van der Waals surface area contributed by atoms with Gasteiger partial charge in [-0.15, -0.1) is 0 Å². The highest BCUT2D eigenvalue weighted by atomic mass is 16.1. The average Bonchev–Trinajstić information content (AvgIpc) is 2.25. The zero-order chi connectivity index (χ0) is 10.1. The molecule has 1 nitrogen and oxygen atoms in total. The molecule has 1 aromatic rings. The summed E-state index contributed by atoms with van der Waals surface area (Å²) in [4.78, 5) is 9.90. The zero-order valence-corrected chi connectivity index (χ0v) is 7.68. The van der Waals surface area contributed by atoms with Gasteiger partial charge in [-0.1, -0.05) is 42.2 Å². The molecule has 0 unspecified atom stereocenters. The van der Waals surface area contributed by atoms with Crippen molar-refractivity contribution in [3.8, 4) is 11.8 Å². The molecule has 1 aromatic carbocycles. The minimum Gasteiger partial charge on any atom is -0.299 e. The van der Waals surface area contributed by atoms with Crippen molar-refractivity contribution in [3.05, 3.63) is 60.2 Å². The lowest BCUT2D eigenvalue weighted by Gasteiger charge is -1.84. The fraction of sp³-hybridized carbons (Fsp3) is 0. The van der Waals surface area contributed by atoms with E-state index in [-0.39, 0.29) is 0 Å². The molecule has 0 aliphatic heterocycles. The molecule has 0 bridgehead atoms. The van der Waals surface area contributed by atoms with Gasteiger partial charge in [0.05, 0.1) is 0 Å². The first-order valence-electron chi connectivity index (χ1n) is 4.27. The SMILES string of the molecule is O=C/C=C\C=C\C#Cc1ccccc1. The van der Waals surface area contributed by atoms with Crippen LogP contribution in [0.2, 0.25) is 0 Å². The third-order valence-corrected chi connectivity index (χ3v) is 1.47. The molecule has 0 spiro atoms. The number of benzene rings is 1. The van der Waals surface area contributed by atoms with Crippen LogP contribution in [-0.4, -0.2) is 6.29 Å². The van der Waals surface area contributed by atoms with Crippen LogP contribution in [0.15, 0.2) is 54.6 Å². The van der Waals surface area contributed by atoms with Crippen molar-refractivity contribution in [1.82, 2.24) is 0 Å². The van der Waals surface area contributed by atoms with Gasteiger partial charge in [-0.3, -0.25) is 4.79 Å². The predicted molar refractivity (Wildman–Crippen MR) is 57.7 cm³/mol. The molecular formula is C13H10O. The maximum atomic E-state index is 9.90. The van der Waals surface area contributed by atoms with E-state index in [0.29, 0.717) is 0 Å². The Morgan fingerprint density at radius 3 is 2.50 bits per heavy atom. The highest BCUT2D eigenvalue weighted by molar-refractivity contribution is 5.65. The first kappa shape index (κ1) is 10.0. The van der Waals surface area contributed by atoms with Gasteiger partial charge in [-0.25, -0.2) is 0 Å². The Morgan fingerprint density at radius 1 is 1.00 bits per heavy atom. The first-order valence-corrected chi connectivity index (χ1v) is 4.27. The molecule has 0 amide bonds. The smallest absolute Gasteiger partial charge is 0.142 e. The number of hydrogen-bond donors (Lipinski definition) is 0. The molecule has 0 aromatic heterocycles. The Labute approximate surface area is 83.8 Å². The van der Waals surface area contributed by atoms with Crippen LogP contribution in [0.1, 0.15) is 5.56 Å². The summed E-state index contributed by atoms with van der Waals surface area (Å²) in [7, 11) is 0. The fourth-order valence-electron chi connectivity index (χ4n) is 0.860. The standard InChI is InChI=1S/C13H10O/c14-12-8-3-1-2-5-9-13-10-6-4-7-11-13/h1-4,6-8,10-12H/b2-1+,8-3-. The molecule has 0 aliphatic rings. The van der Waals surface area contributed by atoms with Gasteiger partial charge in [-0.05, 0) is 24.3 Å². The summed E-state index contributed by atoms with van der Waals surface area (Å²) in [5.41, 5.74) is 0.983. The lowest BCUT2D eigenvalue weighted by Crippen LogP contribution is -1.68. The first-order chi connectivity index (χ1) is 6.93. The van der Waals surface area contributed by atoms with Crippen molar-refractivity contribution in [1.29, 1.82) is 0 Å². The van der Waals surface area contributed by atoms with E-state index in [1.807, 2.05) is 30.3 Å². The van der Waals surface area contributed by atoms with Crippen molar-refractivity contribution < 1.29 is 4.79 Å². The summed E-state index contributed by atoms with van der Waals surface area (Å²) in [5, 5.41) is 0. The molecule has 0 radical (unpaired) electrons. The number of carbonyl (C=O) groups is 1. The number of rotatable bonds is 2. The third-order valence-electron chi connectivity index (χ3n) is 1.47. The zero-order valence-electron chi connectivity index (χ0n) is 7.68. The summed E-state index contributed by atoms with van der Waals surface area (Å²) in [6.07, 6.45) is 7.22. The predicted octanol–water partition coefficient (Wildman–Crippen LogP) is 2.35. The minimum atomic E-state index is 0.731. The number of allylic oxidation sites excluding steroid dienone is 4. The molecule has 1 heteroatoms. The molecule has 14 heavy (non-hydrogen) atoms. The van der Waals surface area contributed by atoms with E-state index in [0.717, 1.165) is 11.8 Å². The number of carbonyl (C=O) groups excluding carboxylic acids is 1. The largest absolute Gasteiger partial charge is 0.299 e. The maximum absolute atomic E-state index is 9.90. The molecule has 0 saturated heterocycles. The Morgan fingerprint density at radius 2 is 1.79 bits per heavy atom. The molecule has 68 valence electrons. The molecule has 0 fully saturated rings. The van der Waals surface area contributed by atoms with Gasteiger partial charge in [0.15, 0.2) is 0 Å². The van der Waals surface area contributed by atoms with Crippen LogP contribution >= 0.6 is 0 Å². The highest BCUT2D eigenvalue weighted by Gasteiger charge is 1.78. The maximum Gasteiger partial charge on any atom is 0.142 e. The second-order valence-corrected chi connectivity index (χ2v) is 2.52. The quantitative estimate of drug-likeness (QED) is 0.297. The van der Waals surface area contributed by atoms with E-state index >= 15 is 0 Å². The van der Waals surface area contributed by atoms with E-state index in [4.69, 9.17) is 0 Å². The summed E-state index contributed by atoms with van der Waals surface area (Å²) in [5.74, 6) is 5.83. The van der Waals surface area contributed by atoms with Crippen LogP contribution in [0.4, 0.5) is 0 Å². The Kier molecular flexibility index (Phi) is 4.61. The van der Waals surface area contributed by atoms with Gasteiger partial charge in [0.1, 0.15) is 6.29 Å². The summed E-state index contributed by atoms with van der Waals surface area (Å²) in [6.45, 7) is 0. The summed E-state index contributed by atoms with van der Waals surface area (Å²) in [6, 6.07) is 9.73. The molecule has 0 aliphatic carbocycles. The van der Waals surface area contributed by atoms with Crippen molar-refractivity contribution in [2.24, 2.45) is 0 Å². The Balaban J connectivity index is 2.53. The van der Waals surface area contributed by atoms with E-state index in [1.54, 1.807) is 18.2 Å². The second-order valence-electron chi connectivity index (χ2n) is 2.52. The van der Waals surface area contributed by atoms with Gasteiger partial charge in [0, 0.05) is 5.56 Å². The highest BCUT2D eigenvalue weighted by Crippen LogP contribution is 1.94. The molecule has 0 saturated carbocycles. The van der Waals surface area contributed by atoms with Crippen LogP contribution in [0.3, 0.4) is 0 Å². The average molecular weight is 182 g/mol. The minimum absolute atomic E-state index is 0.731. The summed E-state index contributed by atoms with van der Waals surface area (Å²) >= 11 is 0. The van der Waals surface area contributed by atoms with Crippen LogP contribution in [0, 0.1) is 11.8 Å². The summed E-state index contributed by atoms with van der Waals surface area (Å²) < 4.78 is 0. The number of aldehydes is 1. The third kappa shape index (κ3) is 4.08. The van der Waals surface area contributed by atoms with Gasteiger partial charge in [0.2, 0.25) is 0 Å². The number of hydrogen-bond acceptors (Lipinski definition) is 1. The second kappa shape index (κ2) is 6.45. The lowest BCUT2D eigenvalue weighted by atomic mass is 10.2. The van der Waals surface area contributed by atoms with Crippen LogP contribution in [-0.2, 0) is 4.79 Å². The van der Waals surface area contributed by atoms with Gasteiger partial charge in [-0.2, -0.15) is 0 Å². The topological polar surface area (TPSA) is 17.1 Å². The van der Waals surface area contributed by atoms with Crippen molar-refractivity contribution in [3.63, 3.8) is 0 Å². The van der Waals surface area contributed by atoms with Crippen molar-refractivity contribution in [2.75, 3.05) is 0 Å².